The van der Waals surface area contributed by atoms with Crippen LogP contribution < -0.4 is 0 Å². The van der Waals surface area contributed by atoms with E-state index < -0.39 is 5.97 Å². The standard InChI is InChI=1S/C13H14O3/c1-7(2)10-9-6-4-5-8(3)11(9)16-12(10)13(14)15/h4-7H,1-3H3,(H,14,15). The van der Waals surface area contributed by atoms with E-state index in [1.54, 1.807) is 0 Å². The molecule has 0 atom stereocenters. The first kappa shape index (κ1) is 10.7. The normalized spacial score (nSPS) is 11.2. The number of para-hydroxylation sites is 1. The molecule has 1 aromatic carbocycles. The summed E-state index contributed by atoms with van der Waals surface area (Å²) in [6.07, 6.45) is 0. The van der Waals surface area contributed by atoms with Gasteiger partial charge < -0.3 is 9.52 Å². The summed E-state index contributed by atoms with van der Waals surface area (Å²) in [6.45, 7) is 5.86. The van der Waals surface area contributed by atoms with Gasteiger partial charge >= 0.3 is 5.97 Å². The molecule has 2 rings (SSSR count). The molecule has 1 N–H and O–H groups in total. The van der Waals surface area contributed by atoms with Crippen LogP contribution in [0.25, 0.3) is 11.0 Å². The quantitative estimate of drug-likeness (QED) is 0.838. The van der Waals surface area contributed by atoms with Crippen molar-refractivity contribution in [2.24, 2.45) is 0 Å². The fourth-order valence-electron chi connectivity index (χ4n) is 2.01. The molecule has 0 aliphatic heterocycles. The average molecular weight is 218 g/mol. The first-order chi connectivity index (χ1) is 7.52. The number of rotatable bonds is 2. The summed E-state index contributed by atoms with van der Waals surface area (Å²) in [6, 6.07) is 5.75. The lowest BCUT2D eigenvalue weighted by Gasteiger charge is -2.03. The topological polar surface area (TPSA) is 50.4 Å². The highest BCUT2D eigenvalue weighted by Crippen LogP contribution is 2.33. The Morgan fingerprint density at radius 3 is 2.62 bits per heavy atom. The number of furan rings is 1. The second kappa shape index (κ2) is 3.67. The molecule has 0 unspecified atom stereocenters. The summed E-state index contributed by atoms with van der Waals surface area (Å²) >= 11 is 0. The Labute approximate surface area is 93.7 Å². The van der Waals surface area contributed by atoms with E-state index in [1.807, 2.05) is 39.0 Å². The molecule has 16 heavy (non-hydrogen) atoms. The molecular formula is C13H14O3. The van der Waals surface area contributed by atoms with Gasteiger partial charge in [0.05, 0.1) is 0 Å². The van der Waals surface area contributed by atoms with Gasteiger partial charge in [0, 0.05) is 10.9 Å². The Bertz CT molecular complexity index is 550. The van der Waals surface area contributed by atoms with Crippen LogP contribution in [-0.2, 0) is 0 Å². The van der Waals surface area contributed by atoms with Crippen LogP contribution in [0.1, 0.15) is 41.4 Å². The molecule has 1 heterocycles. The minimum Gasteiger partial charge on any atom is -0.475 e. The average Bonchev–Trinajstić information content (AvgIpc) is 2.58. The van der Waals surface area contributed by atoms with Gasteiger partial charge in [0.2, 0.25) is 5.76 Å². The van der Waals surface area contributed by atoms with Crippen molar-refractivity contribution in [3.05, 3.63) is 35.1 Å². The minimum absolute atomic E-state index is 0.0688. The lowest BCUT2D eigenvalue weighted by atomic mass is 9.98. The molecule has 1 aromatic heterocycles. The van der Waals surface area contributed by atoms with Crippen molar-refractivity contribution in [1.82, 2.24) is 0 Å². The molecule has 0 radical (unpaired) electrons. The first-order valence-electron chi connectivity index (χ1n) is 5.27. The number of aromatic carboxylic acids is 1. The highest BCUT2D eigenvalue weighted by atomic mass is 16.4. The van der Waals surface area contributed by atoms with E-state index in [0.29, 0.717) is 5.58 Å². The Morgan fingerprint density at radius 2 is 2.06 bits per heavy atom. The van der Waals surface area contributed by atoms with Crippen molar-refractivity contribution in [3.8, 4) is 0 Å². The number of benzene rings is 1. The SMILES string of the molecule is Cc1cccc2c(C(C)C)c(C(=O)O)oc12. The predicted octanol–water partition coefficient (Wildman–Crippen LogP) is 3.56. The molecule has 2 aromatic rings. The molecular weight excluding hydrogens is 204 g/mol. The number of hydrogen-bond donors (Lipinski definition) is 1. The molecule has 0 spiro atoms. The van der Waals surface area contributed by atoms with Crippen LogP contribution in [-0.4, -0.2) is 11.1 Å². The Kier molecular flexibility index (Phi) is 2.46. The van der Waals surface area contributed by atoms with Gasteiger partial charge in [-0.1, -0.05) is 32.0 Å². The van der Waals surface area contributed by atoms with E-state index in [2.05, 4.69) is 0 Å². The number of carboxylic acid groups (broad SMARTS) is 1. The van der Waals surface area contributed by atoms with Gasteiger partial charge in [-0.15, -0.1) is 0 Å². The lowest BCUT2D eigenvalue weighted by Crippen LogP contribution is -2.00. The fraction of sp³-hybridized carbons (Fsp3) is 0.308. The smallest absolute Gasteiger partial charge is 0.372 e. The van der Waals surface area contributed by atoms with Crippen LogP contribution in [0.4, 0.5) is 0 Å². The Balaban J connectivity index is 2.86. The van der Waals surface area contributed by atoms with E-state index >= 15 is 0 Å². The zero-order valence-electron chi connectivity index (χ0n) is 9.57. The number of fused-ring (bicyclic) bond motifs is 1. The third-order valence-corrected chi connectivity index (χ3v) is 2.72. The predicted molar refractivity (Wildman–Crippen MR) is 62.0 cm³/mol. The number of carboxylic acids is 1. The maximum Gasteiger partial charge on any atom is 0.372 e. The summed E-state index contributed by atoms with van der Waals surface area (Å²) in [4.78, 5) is 11.1. The van der Waals surface area contributed by atoms with Crippen LogP contribution >= 0.6 is 0 Å². The number of carbonyl (C=O) groups is 1. The van der Waals surface area contributed by atoms with Gasteiger partial charge in [-0.25, -0.2) is 4.79 Å². The maximum absolute atomic E-state index is 11.1. The third-order valence-electron chi connectivity index (χ3n) is 2.72. The van der Waals surface area contributed by atoms with Crippen LogP contribution in [0.15, 0.2) is 22.6 Å². The fourth-order valence-corrected chi connectivity index (χ4v) is 2.01. The van der Waals surface area contributed by atoms with Crippen molar-refractivity contribution in [3.63, 3.8) is 0 Å². The summed E-state index contributed by atoms with van der Waals surface area (Å²) in [5.41, 5.74) is 2.43. The molecule has 0 aliphatic rings. The summed E-state index contributed by atoms with van der Waals surface area (Å²) in [5, 5.41) is 10.0. The van der Waals surface area contributed by atoms with Crippen molar-refractivity contribution < 1.29 is 14.3 Å². The summed E-state index contributed by atoms with van der Waals surface area (Å²) < 4.78 is 5.45. The van der Waals surface area contributed by atoms with Crippen LogP contribution in [0.5, 0.6) is 0 Å². The van der Waals surface area contributed by atoms with Gasteiger partial charge in [0.1, 0.15) is 5.58 Å². The maximum atomic E-state index is 11.1. The zero-order valence-corrected chi connectivity index (χ0v) is 9.57. The second-order valence-electron chi connectivity index (χ2n) is 4.26. The molecule has 0 fully saturated rings. The molecule has 3 heteroatoms. The number of hydrogen-bond acceptors (Lipinski definition) is 2. The van der Waals surface area contributed by atoms with Crippen molar-refractivity contribution in [2.75, 3.05) is 0 Å². The highest BCUT2D eigenvalue weighted by molar-refractivity contribution is 5.96. The van der Waals surface area contributed by atoms with Crippen molar-refractivity contribution in [2.45, 2.75) is 26.7 Å². The highest BCUT2D eigenvalue weighted by Gasteiger charge is 2.22. The van der Waals surface area contributed by atoms with Gasteiger partial charge in [0.25, 0.3) is 0 Å². The molecule has 0 saturated carbocycles. The van der Waals surface area contributed by atoms with Gasteiger partial charge in [-0.3, -0.25) is 0 Å². The van der Waals surface area contributed by atoms with Gasteiger partial charge in [-0.2, -0.15) is 0 Å². The minimum atomic E-state index is -1.00. The van der Waals surface area contributed by atoms with Gasteiger partial charge in [-0.05, 0) is 18.4 Å². The monoisotopic (exact) mass is 218 g/mol. The Morgan fingerprint density at radius 1 is 1.38 bits per heavy atom. The van der Waals surface area contributed by atoms with Crippen molar-refractivity contribution in [1.29, 1.82) is 0 Å². The molecule has 0 bridgehead atoms. The van der Waals surface area contributed by atoms with Crippen LogP contribution in [0.2, 0.25) is 0 Å². The molecule has 84 valence electrons. The van der Waals surface area contributed by atoms with E-state index in [4.69, 9.17) is 9.52 Å². The third kappa shape index (κ3) is 1.48. The molecule has 0 aliphatic carbocycles. The number of aryl methyl sites for hydroxylation is 1. The lowest BCUT2D eigenvalue weighted by molar-refractivity contribution is 0.0662. The molecule has 0 amide bonds. The van der Waals surface area contributed by atoms with E-state index in [1.165, 1.54) is 0 Å². The van der Waals surface area contributed by atoms with Crippen LogP contribution in [0.3, 0.4) is 0 Å². The zero-order chi connectivity index (χ0) is 11.9. The summed E-state index contributed by atoms with van der Waals surface area (Å²) in [5.74, 6) is -0.798. The van der Waals surface area contributed by atoms with Gasteiger partial charge in [0.15, 0.2) is 0 Å². The van der Waals surface area contributed by atoms with Crippen molar-refractivity contribution >= 4 is 16.9 Å². The second-order valence-corrected chi connectivity index (χ2v) is 4.26. The Hall–Kier alpha value is -1.77. The van der Waals surface area contributed by atoms with E-state index in [9.17, 15) is 4.79 Å². The van der Waals surface area contributed by atoms with Crippen LogP contribution in [0, 0.1) is 6.92 Å². The van der Waals surface area contributed by atoms with E-state index in [-0.39, 0.29) is 11.7 Å². The molecule has 3 nitrogen and oxygen atoms in total. The largest absolute Gasteiger partial charge is 0.475 e. The summed E-state index contributed by atoms with van der Waals surface area (Å²) in [7, 11) is 0. The van der Waals surface area contributed by atoms with E-state index in [0.717, 1.165) is 16.5 Å². The first-order valence-corrected chi connectivity index (χ1v) is 5.27. The molecule has 0 saturated heterocycles.